The fourth-order valence-corrected chi connectivity index (χ4v) is 2.20. The van der Waals surface area contributed by atoms with Crippen molar-refractivity contribution in [2.24, 2.45) is 7.05 Å². The number of hydrogen-bond acceptors (Lipinski definition) is 4. The lowest BCUT2D eigenvalue weighted by atomic mass is 10.2. The molecular weight excluding hydrogens is 285 g/mol. The predicted octanol–water partition coefficient (Wildman–Crippen LogP) is 1.59. The second-order valence-corrected chi connectivity index (χ2v) is 5.31. The molecule has 0 spiro atoms. The smallest absolute Gasteiger partial charge is 0.395 e. The summed E-state index contributed by atoms with van der Waals surface area (Å²) in [5.41, 5.74) is 1.41. The van der Waals surface area contributed by atoms with Gasteiger partial charge in [-0.2, -0.15) is 18.3 Å². The average molecular weight is 308 g/mol. The molecule has 5 nitrogen and oxygen atoms in total. The Hall–Kier alpha value is -1.28. The van der Waals surface area contributed by atoms with E-state index in [4.69, 9.17) is 5.11 Å². The molecule has 0 amide bonds. The minimum atomic E-state index is -4.34. The van der Waals surface area contributed by atoms with Crippen LogP contribution in [0.4, 0.5) is 19.0 Å². The van der Waals surface area contributed by atoms with E-state index >= 15 is 0 Å². The fourth-order valence-electron chi connectivity index (χ4n) is 2.20. The second-order valence-electron chi connectivity index (χ2n) is 5.31. The number of aromatic nitrogens is 2. The third-order valence-electron chi connectivity index (χ3n) is 3.04. The first-order valence-electron chi connectivity index (χ1n) is 6.84. The van der Waals surface area contributed by atoms with Crippen LogP contribution in [-0.4, -0.2) is 46.8 Å². The van der Waals surface area contributed by atoms with Crippen LogP contribution in [0.25, 0.3) is 0 Å². The Balaban J connectivity index is 3.11. The maximum atomic E-state index is 12.7. The number of nitrogens with zero attached hydrogens (tertiary/aromatic N) is 3. The average Bonchev–Trinajstić information content (AvgIpc) is 2.58. The molecule has 0 aliphatic carbocycles. The molecular formula is C13H23F3N4O. The van der Waals surface area contributed by atoms with E-state index in [2.05, 4.69) is 10.4 Å². The van der Waals surface area contributed by atoms with Crippen LogP contribution in [0.5, 0.6) is 0 Å². The van der Waals surface area contributed by atoms with Crippen molar-refractivity contribution in [3.05, 3.63) is 11.3 Å². The predicted molar refractivity (Wildman–Crippen MR) is 75.3 cm³/mol. The second kappa shape index (κ2) is 7.13. The minimum Gasteiger partial charge on any atom is -0.395 e. The molecule has 0 bridgehead atoms. The van der Waals surface area contributed by atoms with Gasteiger partial charge < -0.3 is 15.3 Å². The van der Waals surface area contributed by atoms with Crippen molar-refractivity contribution in [1.29, 1.82) is 0 Å². The first kappa shape index (κ1) is 17.8. The van der Waals surface area contributed by atoms with E-state index < -0.39 is 12.7 Å². The quantitative estimate of drug-likeness (QED) is 0.803. The summed E-state index contributed by atoms with van der Waals surface area (Å²) in [5, 5.41) is 16.4. The van der Waals surface area contributed by atoms with E-state index in [0.29, 0.717) is 18.1 Å². The Bertz CT molecular complexity index is 457. The van der Waals surface area contributed by atoms with Gasteiger partial charge in [-0.3, -0.25) is 4.68 Å². The number of aryl methyl sites for hydroxylation is 2. The Morgan fingerprint density at radius 2 is 2.00 bits per heavy atom. The number of alkyl halides is 3. The lowest BCUT2D eigenvalue weighted by molar-refractivity contribution is -0.120. The molecule has 0 unspecified atom stereocenters. The number of hydrogen-bond donors (Lipinski definition) is 2. The van der Waals surface area contributed by atoms with Crippen molar-refractivity contribution in [2.45, 2.75) is 39.5 Å². The Kier molecular flexibility index (Phi) is 6.03. The monoisotopic (exact) mass is 308 g/mol. The summed E-state index contributed by atoms with van der Waals surface area (Å²) in [6.07, 6.45) is -4.34. The van der Waals surface area contributed by atoms with Crippen LogP contribution < -0.4 is 10.2 Å². The number of nitrogens with one attached hydrogen (secondary N) is 1. The molecule has 0 saturated carbocycles. The maximum Gasteiger partial charge on any atom is 0.405 e. The van der Waals surface area contributed by atoms with Crippen LogP contribution in [0.1, 0.15) is 25.1 Å². The van der Waals surface area contributed by atoms with Gasteiger partial charge in [0.1, 0.15) is 12.4 Å². The zero-order chi connectivity index (χ0) is 16.2. The first-order chi connectivity index (χ1) is 9.65. The lowest BCUT2D eigenvalue weighted by Gasteiger charge is -2.26. The fraction of sp³-hybridized carbons (Fsp3) is 0.769. The number of anilines is 1. The molecule has 0 aliphatic heterocycles. The van der Waals surface area contributed by atoms with Crippen LogP contribution in [0, 0.1) is 6.92 Å². The van der Waals surface area contributed by atoms with E-state index in [1.54, 1.807) is 14.0 Å². The molecule has 1 rings (SSSR count). The van der Waals surface area contributed by atoms with Crippen molar-refractivity contribution in [3.63, 3.8) is 0 Å². The van der Waals surface area contributed by atoms with Gasteiger partial charge in [0.2, 0.25) is 0 Å². The zero-order valence-corrected chi connectivity index (χ0v) is 12.8. The van der Waals surface area contributed by atoms with E-state index in [-0.39, 0.29) is 19.2 Å². The van der Waals surface area contributed by atoms with Gasteiger partial charge in [0.05, 0.1) is 12.3 Å². The molecule has 8 heteroatoms. The summed E-state index contributed by atoms with van der Waals surface area (Å²) in [6, 6.07) is 0.214. The maximum absolute atomic E-state index is 12.7. The van der Waals surface area contributed by atoms with Gasteiger partial charge in [-0.05, 0) is 6.92 Å². The highest BCUT2D eigenvalue weighted by molar-refractivity contribution is 5.50. The molecule has 0 atom stereocenters. The topological polar surface area (TPSA) is 53.3 Å². The molecule has 2 N–H and O–H groups in total. The highest BCUT2D eigenvalue weighted by Gasteiger charge is 2.33. The van der Waals surface area contributed by atoms with E-state index in [0.717, 1.165) is 10.5 Å². The number of aliphatic hydroxyl groups excluding tert-OH is 1. The van der Waals surface area contributed by atoms with Crippen molar-refractivity contribution in [2.75, 3.05) is 24.6 Å². The Labute approximate surface area is 122 Å². The molecule has 21 heavy (non-hydrogen) atoms. The number of aliphatic hydroxyl groups is 1. The van der Waals surface area contributed by atoms with Crippen LogP contribution in [0.3, 0.4) is 0 Å². The first-order valence-corrected chi connectivity index (χ1v) is 6.84. The van der Waals surface area contributed by atoms with E-state index in [1.807, 2.05) is 13.8 Å². The summed E-state index contributed by atoms with van der Waals surface area (Å²) in [4.78, 5) is 1.12. The third kappa shape index (κ3) is 5.20. The lowest BCUT2D eigenvalue weighted by Crippen LogP contribution is -2.38. The molecule has 1 heterocycles. The van der Waals surface area contributed by atoms with Gasteiger partial charge in [0, 0.05) is 31.7 Å². The largest absolute Gasteiger partial charge is 0.405 e. The summed E-state index contributed by atoms with van der Waals surface area (Å²) < 4.78 is 39.6. The van der Waals surface area contributed by atoms with Crippen molar-refractivity contribution >= 4 is 5.82 Å². The molecule has 0 saturated heterocycles. The van der Waals surface area contributed by atoms with Gasteiger partial charge in [-0.15, -0.1) is 0 Å². The normalized spacial score (nSPS) is 12.2. The van der Waals surface area contributed by atoms with Crippen LogP contribution in [-0.2, 0) is 13.6 Å². The van der Waals surface area contributed by atoms with E-state index in [9.17, 15) is 13.2 Å². The summed E-state index contributed by atoms with van der Waals surface area (Å²) in [5.74, 6) is 0.395. The van der Waals surface area contributed by atoms with Crippen LogP contribution in [0.15, 0.2) is 0 Å². The standard InChI is InChI=1S/C13H23F3N4O/c1-9(2)17-7-11-10(3)18-19(4)12(11)20(5-6-21)8-13(14,15)16/h9,17,21H,5-8H2,1-4H3. The van der Waals surface area contributed by atoms with Gasteiger partial charge in [0.25, 0.3) is 0 Å². The van der Waals surface area contributed by atoms with Crippen LogP contribution >= 0.6 is 0 Å². The Morgan fingerprint density at radius 1 is 1.38 bits per heavy atom. The Morgan fingerprint density at radius 3 is 2.48 bits per heavy atom. The highest BCUT2D eigenvalue weighted by Crippen LogP contribution is 2.27. The molecule has 122 valence electrons. The van der Waals surface area contributed by atoms with Gasteiger partial charge in [-0.1, -0.05) is 13.8 Å². The molecule has 1 aromatic heterocycles. The number of halogens is 3. The van der Waals surface area contributed by atoms with Gasteiger partial charge in [0.15, 0.2) is 0 Å². The summed E-state index contributed by atoms with van der Waals surface area (Å²) in [6.45, 7) is 4.59. The van der Waals surface area contributed by atoms with Gasteiger partial charge in [-0.25, -0.2) is 0 Å². The molecule has 0 aliphatic rings. The van der Waals surface area contributed by atoms with Crippen molar-refractivity contribution in [3.8, 4) is 0 Å². The van der Waals surface area contributed by atoms with E-state index in [1.165, 1.54) is 4.68 Å². The SMILES string of the molecule is Cc1nn(C)c(N(CCO)CC(F)(F)F)c1CNC(C)C. The van der Waals surface area contributed by atoms with Crippen LogP contribution in [0.2, 0.25) is 0 Å². The summed E-state index contributed by atoms with van der Waals surface area (Å²) in [7, 11) is 1.61. The third-order valence-corrected chi connectivity index (χ3v) is 3.04. The molecule has 0 fully saturated rings. The summed E-state index contributed by atoms with van der Waals surface area (Å²) >= 11 is 0. The minimum absolute atomic E-state index is 0.0901. The highest BCUT2D eigenvalue weighted by atomic mass is 19.4. The number of rotatable bonds is 7. The molecule has 0 aromatic carbocycles. The zero-order valence-electron chi connectivity index (χ0n) is 12.8. The van der Waals surface area contributed by atoms with Crippen molar-refractivity contribution in [1.82, 2.24) is 15.1 Å². The van der Waals surface area contributed by atoms with Gasteiger partial charge >= 0.3 is 6.18 Å². The molecule has 0 radical (unpaired) electrons. The van der Waals surface area contributed by atoms with Crippen molar-refractivity contribution < 1.29 is 18.3 Å². The molecule has 1 aromatic rings.